The quantitative estimate of drug-likeness (QED) is 0.330. The molecule has 4 nitrogen and oxygen atoms in total. The highest BCUT2D eigenvalue weighted by Gasteiger charge is 2.10. The maximum absolute atomic E-state index is 12.4. The van der Waals surface area contributed by atoms with Crippen LogP contribution < -0.4 is 5.43 Å². The number of nitrogens with one attached hydrogen (secondary N) is 1. The van der Waals surface area contributed by atoms with Crippen LogP contribution in [-0.4, -0.2) is 16.7 Å². The van der Waals surface area contributed by atoms with Gasteiger partial charge >= 0.3 is 0 Å². The van der Waals surface area contributed by atoms with Gasteiger partial charge in [-0.3, -0.25) is 4.79 Å². The number of nitrogens with zero attached hydrogens (tertiary/aromatic N) is 2. The highest BCUT2D eigenvalue weighted by Crippen LogP contribution is 2.23. The zero-order chi connectivity index (χ0) is 20.2. The molecule has 0 spiro atoms. The van der Waals surface area contributed by atoms with E-state index in [0.29, 0.717) is 11.5 Å². The fraction of sp³-hybridized carbons (Fsp3) is 0.167. The average Bonchev–Trinajstić information content (AvgIpc) is 3.35. The Bertz CT molecular complexity index is 1160. The number of para-hydroxylation sites is 1. The second-order valence-electron chi connectivity index (χ2n) is 7.31. The fourth-order valence-electron chi connectivity index (χ4n) is 3.29. The number of carbonyl (C=O) groups excluding carboxylic acids is 1. The Morgan fingerprint density at radius 3 is 2.66 bits per heavy atom. The molecular weight excluding hydrogens is 378 g/mol. The molecule has 29 heavy (non-hydrogen) atoms. The van der Waals surface area contributed by atoms with E-state index in [1.807, 2.05) is 41.8 Å². The van der Waals surface area contributed by atoms with Gasteiger partial charge in [0.25, 0.3) is 5.91 Å². The molecule has 4 rings (SSSR count). The molecule has 2 heterocycles. The second kappa shape index (κ2) is 8.45. The number of benzene rings is 2. The van der Waals surface area contributed by atoms with E-state index in [9.17, 15) is 4.79 Å². The van der Waals surface area contributed by atoms with E-state index in [-0.39, 0.29) is 5.91 Å². The topological polar surface area (TPSA) is 46.4 Å². The summed E-state index contributed by atoms with van der Waals surface area (Å²) < 4.78 is 2.21. The molecule has 0 saturated heterocycles. The van der Waals surface area contributed by atoms with Gasteiger partial charge in [0, 0.05) is 39.5 Å². The van der Waals surface area contributed by atoms with Gasteiger partial charge in [0.2, 0.25) is 0 Å². The van der Waals surface area contributed by atoms with Crippen molar-refractivity contribution in [1.82, 2.24) is 9.99 Å². The summed E-state index contributed by atoms with van der Waals surface area (Å²) in [5, 5.41) is 7.20. The number of fused-ring (bicyclic) bond motifs is 1. The first kappa shape index (κ1) is 19.2. The largest absolute Gasteiger partial charge is 0.342 e. The number of amides is 1. The lowest BCUT2D eigenvalue weighted by Gasteiger charge is -2.05. The van der Waals surface area contributed by atoms with Gasteiger partial charge in [0.15, 0.2) is 0 Å². The summed E-state index contributed by atoms with van der Waals surface area (Å²) in [5.41, 5.74) is 6.66. The van der Waals surface area contributed by atoms with Gasteiger partial charge in [-0.25, -0.2) is 5.43 Å². The summed E-state index contributed by atoms with van der Waals surface area (Å²) in [4.78, 5) is 13.6. The number of hydrogen-bond acceptors (Lipinski definition) is 3. The van der Waals surface area contributed by atoms with E-state index in [0.717, 1.165) is 23.0 Å². The highest BCUT2D eigenvalue weighted by atomic mass is 32.1. The summed E-state index contributed by atoms with van der Waals surface area (Å²) in [6.07, 6.45) is 3.80. The zero-order valence-corrected chi connectivity index (χ0v) is 17.3. The highest BCUT2D eigenvalue weighted by molar-refractivity contribution is 7.10. The Morgan fingerprint density at radius 1 is 1.14 bits per heavy atom. The molecule has 0 atom stereocenters. The van der Waals surface area contributed by atoms with E-state index in [1.165, 1.54) is 10.4 Å². The predicted octanol–water partition coefficient (Wildman–Crippen LogP) is 5.64. The molecule has 2 aromatic heterocycles. The summed E-state index contributed by atoms with van der Waals surface area (Å²) in [6, 6.07) is 20.5. The first-order valence-electron chi connectivity index (χ1n) is 9.65. The van der Waals surface area contributed by atoms with Gasteiger partial charge in [-0.15, -0.1) is 11.3 Å². The molecular formula is C24H23N3OS. The molecule has 2 aromatic carbocycles. The molecule has 0 aliphatic heterocycles. The van der Waals surface area contributed by atoms with E-state index < -0.39 is 0 Å². The third kappa shape index (κ3) is 4.30. The third-order valence-corrected chi connectivity index (χ3v) is 6.07. The summed E-state index contributed by atoms with van der Waals surface area (Å²) in [5.74, 6) is 0.234. The standard InChI is InChI=1S/C24H23N3OS/c1-17(2)23-12-19(16-29-23)24(28)26-25-13-20-15-27(14-18-8-4-3-5-9-18)22-11-7-6-10-21(20)22/h3-13,15-17H,14H2,1-2H3,(H,26,28)/b25-13+. The maximum Gasteiger partial charge on any atom is 0.272 e. The smallest absolute Gasteiger partial charge is 0.272 e. The molecule has 0 aliphatic carbocycles. The summed E-state index contributed by atoms with van der Waals surface area (Å²) >= 11 is 1.61. The van der Waals surface area contributed by atoms with Gasteiger partial charge in [-0.2, -0.15) is 5.10 Å². The van der Waals surface area contributed by atoms with Crippen LogP contribution in [-0.2, 0) is 6.54 Å². The molecule has 0 radical (unpaired) electrons. The van der Waals surface area contributed by atoms with Gasteiger partial charge in [0.05, 0.1) is 11.8 Å². The van der Waals surface area contributed by atoms with Crippen molar-refractivity contribution < 1.29 is 4.79 Å². The number of aromatic nitrogens is 1. The SMILES string of the molecule is CC(C)c1cc(C(=O)N/N=C/c2cn(Cc3ccccc3)c3ccccc23)cs1. The molecule has 0 unspecified atom stereocenters. The maximum atomic E-state index is 12.4. The van der Waals surface area contributed by atoms with E-state index in [4.69, 9.17) is 0 Å². The van der Waals surface area contributed by atoms with E-state index in [1.54, 1.807) is 17.6 Å². The van der Waals surface area contributed by atoms with Crippen LogP contribution in [0.2, 0.25) is 0 Å². The van der Waals surface area contributed by atoms with Crippen LogP contribution in [0.15, 0.2) is 77.3 Å². The van der Waals surface area contributed by atoms with Crippen molar-refractivity contribution in [2.24, 2.45) is 5.10 Å². The Kier molecular flexibility index (Phi) is 5.58. The minimum atomic E-state index is -0.183. The van der Waals surface area contributed by atoms with Crippen molar-refractivity contribution in [2.75, 3.05) is 0 Å². The third-order valence-electron chi connectivity index (χ3n) is 4.84. The van der Waals surface area contributed by atoms with Crippen molar-refractivity contribution >= 4 is 34.4 Å². The average molecular weight is 402 g/mol. The molecule has 0 aliphatic rings. The van der Waals surface area contributed by atoms with Crippen LogP contribution >= 0.6 is 11.3 Å². The van der Waals surface area contributed by atoms with Crippen LogP contribution in [0.1, 0.15) is 46.1 Å². The molecule has 1 N–H and O–H groups in total. The van der Waals surface area contributed by atoms with Gasteiger partial charge in [0.1, 0.15) is 0 Å². The van der Waals surface area contributed by atoms with Crippen molar-refractivity contribution in [3.63, 3.8) is 0 Å². The number of hydrogen-bond donors (Lipinski definition) is 1. The van der Waals surface area contributed by atoms with Crippen LogP contribution in [0.4, 0.5) is 0 Å². The molecule has 146 valence electrons. The van der Waals surface area contributed by atoms with Crippen LogP contribution in [0, 0.1) is 0 Å². The number of carbonyl (C=O) groups is 1. The van der Waals surface area contributed by atoms with Crippen molar-refractivity contribution in [3.8, 4) is 0 Å². The lowest BCUT2D eigenvalue weighted by molar-refractivity contribution is 0.0955. The van der Waals surface area contributed by atoms with Crippen molar-refractivity contribution in [1.29, 1.82) is 0 Å². The van der Waals surface area contributed by atoms with Crippen LogP contribution in [0.5, 0.6) is 0 Å². The minimum absolute atomic E-state index is 0.183. The van der Waals surface area contributed by atoms with Gasteiger partial charge in [-0.05, 0) is 23.6 Å². The van der Waals surface area contributed by atoms with E-state index in [2.05, 4.69) is 59.4 Å². The zero-order valence-electron chi connectivity index (χ0n) is 16.5. The summed E-state index contributed by atoms with van der Waals surface area (Å²) in [6.45, 7) is 5.03. The lowest BCUT2D eigenvalue weighted by Crippen LogP contribution is -2.16. The minimum Gasteiger partial charge on any atom is -0.342 e. The Labute approximate surface area is 174 Å². The molecule has 0 fully saturated rings. The lowest BCUT2D eigenvalue weighted by atomic mass is 10.1. The normalized spacial score (nSPS) is 11.6. The second-order valence-corrected chi connectivity index (χ2v) is 8.25. The van der Waals surface area contributed by atoms with Gasteiger partial charge < -0.3 is 4.57 Å². The fourth-order valence-corrected chi connectivity index (χ4v) is 4.19. The molecule has 0 saturated carbocycles. The first-order chi connectivity index (χ1) is 14.1. The molecule has 4 aromatic rings. The molecule has 1 amide bonds. The monoisotopic (exact) mass is 401 g/mol. The Hall–Kier alpha value is -3.18. The van der Waals surface area contributed by atoms with Crippen LogP contribution in [0.25, 0.3) is 10.9 Å². The Balaban J connectivity index is 1.53. The van der Waals surface area contributed by atoms with E-state index >= 15 is 0 Å². The first-order valence-corrected chi connectivity index (χ1v) is 10.5. The van der Waals surface area contributed by atoms with Crippen molar-refractivity contribution in [2.45, 2.75) is 26.3 Å². The van der Waals surface area contributed by atoms with Crippen molar-refractivity contribution in [3.05, 3.63) is 93.8 Å². The van der Waals surface area contributed by atoms with Gasteiger partial charge in [-0.1, -0.05) is 62.4 Å². The van der Waals surface area contributed by atoms with Crippen LogP contribution in [0.3, 0.4) is 0 Å². The number of rotatable bonds is 6. The predicted molar refractivity (Wildman–Crippen MR) is 121 cm³/mol. The number of hydrazone groups is 1. The number of thiophene rings is 1. The molecule has 5 heteroatoms. The Morgan fingerprint density at radius 2 is 1.90 bits per heavy atom. The molecule has 0 bridgehead atoms. The summed E-state index contributed by atoms with van der Waals surface area (Å²) in [7, 11) is 0.